The van der Waals surface area contributed by atoms with Crippen LogP contribution in [0.4, 0.5) is 10.1 Å². The lowest BCUT2D eigenvalue weighted by Gasteiger charge is -2.30. The van der Waals surface area contributed by atoms with Crippen LogP contribution >= 0.6 is 11.8 Å². The van der Waals surface area contributed by atoms with E-state index in [1.165, 1.54) is 12.1 Å². The summed E-state index contributed by atoms with van der Waals surface area (Å²) < 4.78 is 18.9. The normalized spacial score (nSPS) is 17.1. The van der Waals surface area contributed by atoms with Crippen LogP contribution in [0, 0.1) is 5.82 Å². The Hall–Kier alpha value is -2.71. The Morgan fingerprint density at radius 3 is 2.90 bits per heavy atom. The second kappa shape index (κ2) is 9.40. The molecule has 156 valence electrons. The van der Waals surface area contributed by atoms with Gasteiger partial charge in [0.25, 0.3) is 0 Å². The van der Waals surface area contributed by atoms with E-state index in [2.05, 4.69) is 20.4 Å². The van der Waals surface area contributed by atoms with Crippen molar-refractivity contribution in [2.75, 3.05) is 31.2 Å². The number of nitrogens with zero attached hydrogens (tertiary/aromatic N) is 3. The average molecular weight is 427 g/mol. The molecule has 8 heteroatoms. The molecule has 0 aliphatic carbocycles. The quantitative estimate of drug-likeness (QED) is 0.589. The van der Waals surface area contributed by atoms with Crippen molar-refractivity contribution in [1.29, 1.82) is 0 Å². The fourth-order valence-corrected chi connectivity index (χ4v) is 4.03. The monoisotopic (exact) mass is 426 g/mol. The van der Waals surface area contributed by atoms with Crippen molar-refractivity contribution in [3.8, 4) is 11.4 Å². The second-order valence-corrected chi connectivity index (χ2v) is 8.20. The second-order valence-electron chi connectivity index (χ2n) is 7.32. The summed E-state index contributed by atoms with van der Waals surface area (Å²) in [7, 11) is 0. The molecule has 0 bridgehead atoms. The van der Waals surface area contributed by atoms with Gasteiger partial charge in [0.05, 0.1) is 12.5 Å². The van der Waals surface area contributed by atoms with Gasteiger partial charge in [0.15, 0.2) is 0 Å². The minimum Gasteiger partial charge on any atom is -0.339 e. The van der Waals surface area contributed by atoms with Gasteiger partial charge in [-0.05, 0) is 62.0 Å². The van der Waals surface area contributed by atoms with E-state index in [0.717, 1.165) is 30.0 Å². The van der Waals surface area contributed by atoms with Gasteiger partial charge in [-0.2, -0.15) is 4.98 Å². The predicted octanol–water partition coefficient (Wildman–Crippen LogP) is 4.42. The maximum absolute atomic E-state index is 13.4. The molecule has 1 aliphatic rings. The smallest absolute Gasteiger partial charge is 0.238 e. The topological polar surface area (TPSA) is 71.3 Å². The fraction of sp³-hybridized carbons (Fsp3) is 0.318. The number of aromatic nitrogens is 2. The Labute approximate surface area is 178 Å². The molecule has 1 aliphatic heterocycles. The first-order chi connectivity index (χ1) is 14.6. The summed E-state index contributed by atoms with van der Waals surface area (Å²) in [6, 6.07) is 13.9. The van der Waals surface area contributed by atoms with E-state index < -0.39 is 0 Å². The first-order valence-corrected chi connectivity index (χ1v) is 11.1. The number of likely N-dealkylation sites (tertiary alicyclic amines) is 1. The van der Waals surface area contributed by atoms with Crippen molar-refractivity contribution in [1.82, 2.24) is 15.0 Å². The molecule has 1 saturated heterocycles. The molecule has 1 unspecified atom stereocenters. The van der Waals surface area contributed by atoms with Crippen LogP contribution in [0.1, 0.15) is 24.7 Å². The highest BCUT2D eigenvalue weighted by Gasteiger charge is 2.27. The SMILES string of the molecule is CSc1ccc(NC(=O)CN2CCCC(c3nc(-c4cccc(F)c4)no3)C2)cc1. The maximum atomic E-state index is 13.4. The number of halogens is 1. The molecule has 4 rings (SSSR count). The van der Waals surface area contributed by atoms with Crippen molar-refractivity contribution in [2.45, 2.75) is 23.7 Å². The zero-order valence-electron chi connectivity index (χ0n) is 16.7. The number of thioether (sulfide) groups is 1. The Bertz CT molecular complexity index is 1010. The van der Waals surface area contributed by atoms with Crippen molar-refractivity contribution in [3.05, 3.63) is 60.2 Å². The molecular weight excluding hydrogens is 403 g/mol. The lowest BCUT2D eigenvalue weighted by atomic mass is 9.98. The molecule has 0 saturated carbocycles. The molecule has 1 aromatic heterocycles. The molecule has 2 heterocycles. The minimum absolute atomic E-state index is 0.0430. The molecule has 1 N–H and O–H groups in total. The van der Waals surface area contributed by atoms with Crippen LogP contribution in [0.15, 0.2) is 57.9 Å². The van der Waals surface area contributed by atoms with Crippen LogP contribution in [-0.2, 0) is 4.79 Å². The van der Waals surface area contributed by atoms with Gasteiger partial charge < -0.3 is 9.84 Å². The number of hydrogen-bond donors (Lipinski definition) is 1. The Kier molecular flexibility index (Phi) is 6.44. The van der Waals surface area contributed by atoms with E-state index in [9.17, 15) is 9.18 Å². The molecule has 1 fully saturated rings. The number of rotatable bonds is 6. The third-order valence-corrected chi connectivity index (χ3v) is 5.86. The third kappa shape index (κ3) is 5.06. The summed E-state index contributed by atoms with van der Waals surface area (Å²) in [6.45, 7) is 1.83. The molecule has 6 nitrogen and oxygen atoms in total. The molecule has 0 spiro atoms. The first kappa shape index (κ1) is 20.6. The highest BCUT2D eigenvalue weighted by atomic mass is 32.2. The van der Waals surface area contributed by atoms with Gasteiger partial charge in [0.1, 0.15) is 5.82 Å². The van der Waals surface area contributed by atoms with Gasteiger partial charge in [0, 0.05) is 22.7 Å². The number of piperidine rings is 1. The zero-order valence-corrected chi connectivity index (χ0v) is 17.5. The van der Waals surface area contributed by atoms with Crippen molar-refractivity contribution in [3.63, 3.8) is 0 Å². The third-order valence-electron chi connectivity index (χ3n) is 5.12. The van der Waals surface area contributed by atoms with Gasteiger partial charge in [-0.3, -0.25) is 9.69 Å². The summed E-state index contributed by atoms with van der Waals surface area (Å²) in [5.41, 5.74) is 1.38. The van der Waals surface area contributed by atoms with E-state index in [4.69, 9.17) is 4.52 Å². The Morgan fingerprint density at radius 1 is 1.30 bits per heavy atom. The van der Waals surface area contributed by atoms with Crippen LogP contribution in [0.5, 0.6) is 0 Å². The van der Waals surface area contributed by atoms with Crippen molar-refractivity contribution >= 4 is 23.4 Å². The summed E-state index contributed by atoms with van der Waals surface area (Å²) >= 11 is 1.66. The van der Waals surface area contributed by atoms with E-state index in [1.807, 2.05) is 30.5 Å². The number of carbonyl (C=O) groups excluding carboxylic acids is 1. The Morgan fingerprint density at radius 2 is 2.13 bits per heavy atom. The number of carbonyl (C=O) groups is 1. The maximum Gasteiger partial charge on any atom is 0.238 e. The lowest BCUT2D eigenvalue weighted by molar-refractivity contribution is -0.117. The van der Waals surface area contributed by atoms with Crippen LogP contribution < -0.4 is 5.32 Å². The van der Waals surface area contributed by atoms with Crippen LogP contribution in [0.2, 0.25) is 0 Å². The fourth-order valence-electron chi connectivity index (χ4n) is 3.62. The largest absolute Gasteiger partial charge is 0.339 e. The summed E-state index contributed by atoms with van der Waals surface area (Å²) in [6.07, 6.45) is 3.88. The standard InChI is InChI=1S/C22H23FN4O2S/c1-30-19-9-7-18(8-10-19)24-20(28)14-27-11-3-5-16(13-27)22-25-21(26-29-22)15-4-2-6-17(23)12-15/h2,4,6-10,12,16H,3,5,11,13-14H2,1H3,(H,24,28). The highest BCUT2D eigenvalue weighted by molar-refractivity contribution is 7.98. The molecular formula is C22H23FN4O2S. The lowest BCUT2D eigenvalue weighted by Crippen LogP contribution is -2.39. The zero-order chi connectivity index (χ0) is 20.9. The van der Waals surface area contributed by atoms with Gasteiger partial charge in [0.2, 0.25) is 17.6 Å². The number of benzene rings is 2. The van der Waals surface area contributed by atoms with E-state index in [1.54, 1.807) is 23.9 Å². The predicted molar refractivity (Wildman–Crippen MR) is 115 cm³/mol. The number of nitrogens with one attached hydrogen (secondary N) is 1. The van der Waals surface area contributed by atoms with Gasteiger partial charge in [-0.25, -0.2) is 4.39 Å². The highest BCUT2D eigenvalue weighted by Crippen LogP contribution is 2.27. The molecule has 1 atom stereocenters. The van der Waals surface area contributed by atoms with Crippen LogP contribution in [0.25, 0.3) is 11.4 Å². The average Bonchev–Trinajstić information content (AvgIpc) is 3.25. The van der Waals surface area contributed by atoms with Crippen molar-refractivity contribution in [2.24, 2.45) is 0 Å². The van der Waals surface area contributed by atoms with E-state index in [-0.39, 0.29) is 17.6 Å². The Balaban J connectivity index is 1.35. The molecule has 30 heavy (non-hydrogen) atoms. The van der Waals surface area contributed by atoms with Crippen LogP contribution in [-0.4, -0.2) is 46.8 Å². The van der Waals surface area contributed by atoms with Gasteiger partial charge >= 0.3 is 0 Å². The van der Waals surface area contributed by atoms with Crippen LogP contribution in [0.3, 0.4) is 0 Å². The summed E-state index contributed by atoms with van der Waals surface area (Å²) in [5.74, 6) is 0.595. The first-order valence-electron chi connectivity index (χ1n) is 9.86. The van der Waals surface area contributed by atoms with Crippen molar-refractivity contribution < 1.29 is 13.7 Å². The molecule has 0 radical (unpaired) electrons. The number of anilines is 1. The molecule has 3 aromatic rings. The van der Waals surface area contributed by atoms with Gasteiger partial charge in [-0.15, -0.1) is 11.8 Å². The molecule has 2 aromatic carbocycles. The minimum atomic E-state index is -0.336. The van der Waals surface area contributed by atoms with Gasteiger partial charge in [-0.1, -0.05) is 17.3 Å². The number of hydrogen-bond acceptors (Lipinski definition) is 6. The summed E-state index contributed by atoms with van der Waals surface area (Å²) in [5, 5.41) is 6.96. The van der Waals surface area contributed by atoms with E-state index in [0.29, 0.717) is 30.4 Å². The molecule has 1 amide bonds. The summed E-state index contributed by atoms with van der Waals surface area (Å²) in [4.78, 5) is 20.2. The number of amides is 1. The van der Waals surface area contributed by atoms with E-state index >= 15 is 0 Å².